The Balaban J connectivity index is -0.000000317. The first-order valence-electron chi connectivity index (χ1n) is 28.8. The molecule has 7 N–H and O–H groups in total. The molecule has 0 aliphatic rings. The summed E-state index contributed by atoms with van der Waals surface area (Å²) in [6, 6.07) is 92.5. The van der Waals surface area contributed by atoms with E-state index in [-0.39, 0.29) is 17.1 Å². The third kappa shape index (κ3) is 67.2. The zero-order valence-corrected chi connectivity index (χ0v) is 57.7. The summed E-state index contributed by atoms with van der Waals surface area (Å²) in [5.41, 5.74) is 6.02. The maximum Gasteiger partial charge on any atom is 0.488 e. The van der Waals surface area contributed by atoms with E-state index in [2.05, 4.69) is 35.0 Å². The van der Waals surface area contributed by atoms with Crippen LogP contribution < -0.4 is 20.4 Å². The van der Waals surface area contributed by atoms with Crippen LogP contribution in [-0.4, -0.2) is 133 Å². The number of ether oxygens (including phenoxy) is 3. The molecule has 0 spiro atoms. The predicted octanol–water partition coefficient (Wildman–Crippen LogP) is 12.4. The van der Waals surface area contributed by atoms with Gasteiger partial charge < -0.3 is 49.6 Å². The molecule has 0 bridgehead atoms. The van der Waals surface area contributed by atoms with Crippen molar-refractivity contribution in [1.82, 2.24) is 0 Å². The van der Waals surface area contributed by atoms with Crippen molar-refractivity contribution in [2.24, 2.45) is 0 Å². The minimum atomic E-state index is -1.34. The van der Waals surface area contributed by atoms with E-state index in [1.165, 1.54) is 5.56 Å². The number of carbonyl (C=O) groups is 7. The van der Waals surface area contributed by atoms with E-state index in [4.69, 9.17) is 59.2 Å². The number of carboxylic acids is 2. The summed E-state index contributed by atoms with van der Waals surface area (Å²) in [5.74, 6) is 1.95. The summed E-state index contributed by atoms with van der Waals surface area (Å²) in [6.45, 7) is 5.50. The van der Waals surface area contributed by atoms with Crippen molar-refractivity contribution in [2.75, 3.05) is 40.4 Å². The fourth-order valence-corrected chi connectivity index (χ4v) is 5.76. The Hall–Kier alpha value is -10.0. The third-order valence-electron chi connectivity index (χ3n) is 10.1. The van der Waals surface area contributed by atoms with Gasteiger partial charge in [0.25, 0.3) is 11.9 Å². The normalized spacial score (nSPS) is 8.26. The first-order chi connectivity index (χ1) is 46.5. The van der Waals surface area contributed by atoms with Gasteiger partial charge in [0.05, 0.1) is 13.7 Å². The number of hydrogen-bond donors (Lipinski definition) is 7. The van der Waals surface area contributed by atoms with Crippen molar-refractivity contribution in [3.8, 4) is 11.5 Å². The van der Waals surface area contributed by atoms with Gasteiger partial charge in [-0.2, -0.15) is 0 Å². The molecule has 0 heterocycles. The summed E-state index contributed by atoms with van der Waals surface area (Å²) in [5, 5.41) is 56.2. The summed E-state index contributed by atoms with van der Waals surface area (Å²) < 4.78 is 15.1. The average Bonchev–Trinajstić information content (AvgIpc) is 3.64. The average molecular weight is 1440 g/mol. The third-order valence-corrected chi connectivity index (χ3v) is 10.1. The number of aliphatic hydroxyl groups excluding tert-OH is 1. The molecule has 17 nitrogen and oxygen atoms in total. The van der Waals surface area contributed by atoms with E-state index in [1.54, 1.807) is 123 Å². The van der Waals surface area contributed by atoms with Crippen molar-refractivity contribution >= 4 is 84.5 Å². The molecule has 0 unspecified atom stereocenters. The molecule has 97 heavy (non-hydrogen) atoms. The Morgan fingerprint density at radius 3 is 0.670 bits per heavy atom. The zero-order chi connectivity index (χ0) is 72.5. The Labute approximate surface area is 590 Å². The first kappa shape index (κ1) is 95.7. The number of methoxy groups -OCH3 is 2. The SMILES string of the molecule is CBr.CC(=O)O.CC(=O)O.CO.COCCOc1ccccc1.COc1ccccc1.Cc1ccccc1.O=Cc1ccccc1.O=Cc1ccccc1.O=Cc1ccccc1.O=Cc1ccccc1.O=Cc1ccccc1.OB(O)c1ccccc1.OB(O)c1ccccc1.[Cu]. The minimum absolute atomic E-state index is 0. The van der Waals surface area contributed by atoms with Crippen LogP contribution in [-0.2, 0) is 31.4 Å². The largest absolute Gasteiger partial charge is 0.497 e. The maximum atomic E-state index is 10.0. The number of carbonyl (C=O) groups excluding carboxylic acids is 5. The second kappa shape index (κ2) is 73.4. The van der Waals surface area contributed by atoms with Gasteiger partial charge in [-0.3, -0.25) is 33.6 Å². The van der Waals surface area contributed by atoms with Crippen LogP contribution in [0.4, 0.5) is 0 Å². The molecule has 0 saturated carbocycles. The number of aliphatic carboxylic acids is 2. The van der Waals surface area contributed by atoms with Gasteiger partial charge >= 0.3 is 14.2 Å². The molecule has 0 aliphatic carbocycles. The van der Waals surface area contributed by atoms with Crippen molar-refractivity contribution in [2.45, 2.75) is 20.8 Å². The molecule has 0 atom stereocenters. The molecule has 0 fully saturated rings. The van der Waals surface area contributed by atoms with Crippen molar-refractivity contribution in [3.05, 3.63) is 337 Å². The second-order valence-electron chi connectivity index (χ2n) is 17.6. The Morgan fingerprint density at radius 1 is 0.351 bits per heavy atom. The van der Waals surface area contributed by atoms with Gasteiger partial charge in [-0.25, -0.2) is 0 Å². The van der Waals surface area contributed by atoms with Crippen LogP contribution in [0, 0.1) is 6.92 Å². The summed E-state index contributed by atoms with van der Waals surface area (Å²) in [6.07, 6.45) is 4.17. The predicted molar refractivity (Wildman–Crippen MR) is 389 cm³/mol. The molecule has 517 valence electrons. The maximum absolute atomic E-state index is 10.0. The van der Waals surface area contributed by atoms with Gasteiger partial charge in [0, 0.05) is 73.0 Å². The van der Waals surface area contributed by atoms with Crippen LogP contribution in [0.15, 0.2) is 303 Å². The Kier molecular flexibility index (Phi) is 72.4. The minimum Gasteiger partial charge on any atom is -0.497 e. The first-order valence-corrected chi connectivity index (χ1v) is 30.4. The van der Waals surface area contributed by atoms with Gasteiger partial charge in [-0.1, -0.05) is 301 Å². The number of rotatable bonds is 12. The number of aldehydes is 5. The number of aliphatic hydroxyl groups is 1. The van der Waals surface area contributed by atoms with E-state index >= 15 is 0 Å². The van der Waals surface area contributed by atoms with Crippen molar-refractivity contribution in [3.63, 3.8) is 0 Å². The topological polar surface area (TPSA) is 289 Å². The molecular formula is C76H87B2BrCuO17. The zero-order valence-electron chi connectivity index (χ0n) is 55.2. The van der Waals surface area contributed by atoms with Crippen LogP contribution in [0.25, 0.3) is 0 Å². The van der Waals surface area contributed by atoms with Gasteiger partial charge in [-0.15, -0.1) is 0 Å². The van der Waals surface area contributed by atoms with Crippen LogP contribution in [0.5, 0.6) is 11.5 Å². The fourth-order valence-electron chi connectivity index (χ4n) is 5.76. The summed E-state index contributed by atoms with van der Waals surface area (Å²) in [4.78, 5) is 68.0. The van der Waals surface area contributed by atoms with Crippen LogP contribution in [0.3, 0.4) is 0 Å². The van der Waals surface area contributed by atoms with E-state index in [1.807, 2.05) is 188 Å². The molecule has 10 rings (SSSR count). The van der Waals surface area contributed by atoms with E-state index in [0.29, 0.717) is 24.1 Å². The summed E-state index contributed by atoms with van der Waals surface area (Å²) >= 11 is 2.94. The number of para-hydroxylation sites is 2. The molecule has 0 aromatic heterocycles. The Bertz CT molecular complexity index is 3000. The Morgan fingerprint density at radius 2 is 0.536 bits per heavy atom. The van der Waals surface area contributed by atoms with Crippen LogP contribution in [0.2, 0.25) is 0 Å². The summed E-state index contributed by atoms with van der Waals surface area (Å²) in [7, 11) is 1.64. The molecular weight excluding hydrogens is 1350 g/mol. The number of hydrogen-bond acceptors (Lipinski definition) is 15. The van der Waals surface area contributed by atoms with Crippen LogP contribution in [0.1, 0.15) is 71.2 Å². The van der Waals surface area contributed by atoms with Gasteiger partial charge in [0.2, 0.25) is 0 Å². The number of carboxylic acid groups (broad SMARTS) is 2. The second-order valence-corrected chi connectivity index (χ2v) is 17.6. The van der Waals surface area contributed by atoms with E-state index in [9.17, 15) is 24.0 Å². The molecule has 0 amide bonds. The molecule has 10 aromatic carbocycles. The number of aryl methyl sites for hydroxylation is 1. The fraction of sp³-hybridized carbons (Fsp3) is 0.118. The van der Waals surface area contributed by atoms with Crippen molar-refractivity contribution in [1.29, 1.82) is 0 Å². The van der Waals surface area contributed by atoms with E-state index < -0.39 is 26.2 Å². The molecule has 0 saturated heterocycles. The quantitative estimate of drug-likeness (QED) is 0.0259. The van der Waals surface area contributed by atoms with Gasteiger partial charge in [0.1, 0.15) is 49.5 Å². The van der Waals surface area contributed by atoms with Crippen LogP contribution >= 0.6 is 15.9 Å². The van der Waals surface area contributed by atoms with E-state index in [0.717, 1.165) is 91.7 Å². The monoisotopic (exact) mass is 1440 g/mol. The van der Waals surface area contributed by atoms with Crippen molar-refractivity contribution < 1.29 is 100 Å². The standard InChI is InChI=1S/C9H12O2.C7H8O.5C7H6O.C7H8.2C6H7BO2.2C2H4O2.CH3Br.CH4O.Cu/c1-10-7-8-11-9-5-3-2-4-6-9;1-8-7-5-3-2-4-6-7;5*8-6-7-4-2-1-3-5-7;1-7-5-3-2-4-6-7;2*8-7(9)6-4-2-1-3-5-6;2*1-2(3)4;2*1-2;/h2-6H,7-8H2,1H3;2-6H,1H3;5*1-6H;2-6H,1H3;2*1-5,8-9H;2*1H3,(H,3,4);1H3;2H,1H3;. The smallest absolute Gasteiger partial charge is 0.488 e. The number of alkyl halides is 1. The molecule has 10 aromatic rings. The molecule has 0 aliphatic heterocycles. The molecule has 1 radical (unpaired) electrons. The number of benzene rings is 10. The van der Waals surface area contributed by atoms with Gasteiger partial charge in [0.15, 0.2) is 0 Å². The van der Waals surface area contributed by atoms with Gasteiger partial charge in [-0.05, 0) is 47.9 Å². The molecule has 21 heteroatoms. The number of halogens is 1.